The predicted molar refractivity (Wildman–Crippen MR) is 62.1 cm³/mol. The minimum Gasteiger partial charge on any atom is -0.399 e. The maximum absolute atomic E-state index is 11.9. The summed E-state index contributed by atoms with van der Waals surface area (Å²) in [7, 11) is 1.76. The fourth-order valence-corrected chi connectivity index (χ4v) is 1.63. The lowest BCUT2D eigenvalue weighted by molar-refractivity contribution is 0.0984. The molecule has 0 spiro atoms. The van der Waals surface area contributed by atoms with Crippen LogP contribution in [0.2, 0.25) is 0 Å². The van der Waals surface area contributed by atoms with Crippen molar-refractivity contribution in [2.75, 3.05) is 5.73 Å². The quantitative estimate of drug-likeness (QED) is 0.622. The largest absolute Gasteiger partial charge is 0.399 e. The van der Waals surface area contributed by atoms with Gasteiger partial charge in [-0.05, 0) is 23.8 Å². The summed E-state index contributed by atoms with van der Waals surface area (Å²) in [4.78, 5) is 11.9. The normalized spacial score (nSPS) is 10.3. The number of benzene rings is 1. The minimum atomic E-state index is 0.0469. The van der Waals surface area contributed by atoms with E-state index in [0.29, 0.717) is 17.8 Å². The van der Waals surface area contributed by atoms with E-state index >= 15 is 0 Å². The van der Waals surface area contributed by atoms with Crippen LogP contribution in [0.3, 0.4) is 0 Å². The smallest absolute Gasteiger partial charge is 0.185 e. The molecule has 0 aliphatic rings. The van der Waals surface area contributed by atoms with Crippen LogP contribution in [-0.4, -0.2) is 15.6 Å². The number of Topliss-reactive ketones (excluding diaryl/α,β-unsaturated/α-hetero) is 1. The van der Waals surface area contributed by atoms with Crippen LogP contribution in [0, 0.1) is 0 Å². The molecule has 4 heteroatoms. The Balaban J connectivity index is 2.17. The second-order valence-electron chi connectivity index (χ2n) is 3.69. The van der Waals surface area contributed by atoms with Crippen molar-refractivity contribution in [3.63, 3.8) is 0 Å². The number of ketones is 1. The number of nitrogens with zero attached hydrogens (tertiary/aromatic N) is 2. The third-order valence-corrected chi connectivity index (χ3v) is 2.42. The molecule has 16 heavy (non-hydrogen) atoms. The first-order valence-electron chi connectivity index (χ1n) is 5.02. The minimum absolute atomic E-state index is 0.0469. The molecule has 1 heterocycles. The summed E-state index contributed by atoms with van der Waals surface area (Å²) in [6, 6.07) is 9.08. The molecular weight excluding hydrogens is 202 g/mol. The molecule has 0 saturated heterocycles. The van der Waals surface area contributed by atoms with Crippen LogP contribution < -0.4 is 5.73 Å². The second-order valence-corrected chi connectivity index (χ2v) is 3.69. The van der Waals surface area contributed by atoms with Crippen molar-refractivity contribution in [3.8, 4) is 0 Å². The van der Waals surface area contributed by atoms with Gasteiger partial charge < -0.3 is 5.73 Å². The lowest BCUT2D eigenvalue weighted by Crippen LogP contribution is -2.09. The van der Waals surface area contributed by atoms with Crippen molar-refractivity contribution < 1.29 is 4.79 Å². The van der Waals surface area contributed by atoms with E-state index in [9.17, 15) is 4.79 Å². The number of hydrogen-bond acceptors (Lipinski definition) is 3. The van der Waals surface area contributed by atoms with Crippen LogP contribution in [0.25, 0.3) is 0 Å². The number of carbonyl (C=O) groups is 1. The van der Waals surface area contributed by atoms with Gasteiger partial charge in [0.25, 0.3) is 0 Å². The number of nitrogens with two attached hydrogens (primary N) is 1. The highest BCUT2D eigenvalue weighted by atomic mass is 16.1. The number of hydrogen-bond donors (Lipinski definition) is 1. The van der Waals surface area contributed by atoms with Crippen LogP contribution in [0.1, 0.15) is 16.1 Å². The summed E-state index contributed by atoms with van der Waals surface area (Å²) < 4.78 is 1.58. The van der Waals surface area contributed by atoms with E-state index in [-0.39, 0.29) is 5.78 Å². The number of carbonyl (C=O) groups excluding carboxylic acids is 1. The molecule has 0 bridgehead atoms. The Labute approximate surface area is 93.7 Å². The van der Waals surface area contributed by atoms with E-state index < -0.39 is 0 Å². The average Bonchev–Trinajstić information content (AvgIpc) is 2.64. The molecule has 0 unspecified atom stereocenters. The topological polar surface area (TPSA) is 60.9 Å². The Hall–Kier alpha value is -2.10. The fourth-order valence-electron chi connectivity index (χ4n) is 1.63. The molecule has 1 aromatic carbocycles. The summed E-state index contributed by atoms with van der Waals surface area (Å²) in [6.07, 6.45) is 1.97. The Morgan fingerprint density at radius 1 is 1.44 bits per heavy atom. The molecule has 0 atom stereocenters. The SMILES string of the molecule is Cn1nccc1C(=O)Cc1cccc(N)c1. The van der Waals surface area contributed by atoms with Crippen molar-refractivity contribution in [1.82, 2.24) is 9.78 Å². The van der Waals surface area contributed by atoms with Gasteiger partial charge in [-0.1, -0.05) is 12.1 Å². The maximum atomic E-state index is 11.9. The lowest BCUT2D eigenvalue weighted by Gasteiger charge is -2.02. The number of aryl methyl sites for hydroxylation is 1. The van der Waals surface area contributed by atoms with Gasteiger partial charge in [0.05, 0.1) is 0 Å². The molecule has 0 fully saturated rings. The first kappa shape index (κ1) is 10.4. The molecule has 4 nitrogen and oxygen atoms in total. The van der Waals surface area contributed by atoms with Crippen molar-refractivity contribution in [3.05, 3.63) is 47.8 Å². The van der Waals surface area contributed by atoms with Crippen LogP contribution >= 0.6 is 0 Å². The third kappa shape index (κ3) is 2.11. The summed E-state index contributed by atoms with van der Waals surface area (Å²) in [6.45, 7) is 0. The molecule has 0 saturated carbocycles. The van der Waals surface area contributed by atoms with Gasteiger partial charge in [-0.3, -0.25) is 9.48 Å². The molecule has 0 aliphatic heterocycles. The van der Waals surface area contributed by atoms with E-state index in [0.717, 1.165) is 5.56 Å². The standard InChI is InChI=1S/C12H13N3O/c1-15-11(5-6-14-15)12(16)8-9-3-2-4-10(13)7-9/h2-7H,8,13H2,1H3. The van der Waals surface area contributed by atoms with Gasteiger partial charge in [-0.25, -0.2) is 0 Å². The van der Waals surface area contributed by atoms with E-state index in [1.54, 1.807) is 30.1 Å². The zero-order chi connectivity index (χ0) is 11.5. The highest BCUT2D eigenvalue weighted by Crippen LogP contribution is 2.10. The Morgan fingerprint density at radius 2 is 2.25 bits per heavy atom. The van der Waals surface area contributed by atoms with Gasteiger partial charge >= 0.3 is 0 Å². The fraction of sp³-hybridized carbons (Fsp3) is 0.167. The average molecular weight is 215 g/mol. The van der Waals surface area contributed by atoms with Gasteiger partial charge in [0, 0.05) is 25.4 Å². The lowest BCUT2D eigenvalue weighted by atomic mass is 10.1. The number of rotatable bonds is 3. The summed E-state index contributed by atoms with van der Waals surface area (Å²) in [5.41, 5.74) is 7.87. The molecule has 0 radical (unpaired) electrons. The third-order valence-electron chi connectivity index (χ3n) is 2.42. The highest BCUT2D eigenvalue weighted by Gasteiger charge is 2.10. The van der Waals surface area contributed by atoms with Gasteiger partial charge in [-0.2, -0.15) is 5.10 Å². The van der Waals surface area contributed by atoms with Crippen LogP contribution in [-0.2, 0) is 13.5 Å². The molecule has 1 aromatic heterocycles. The Morgan fingerprint density at radius 3 is 2.88 bits per heavy atom. The van der Waals surface area contributed by atoms with Crippen molar-refractivity contribution in [2.24, 2.45) is 7.05 Å². The maximum Gasteiger partial charge on any atom is 0.185 e. The zero-order valence-corrected chi connectivity index (χ0v) is 9.05. The first-order valence-corrected chi connectivity index (χ1v) is 5.02. The summed E-state index contributed by atoms with van der Waals surface area (Å²) >= 11 is 0. The molecule has 2 aromatic rings. The van der Waals surface area contributed by atoms with Gasteiger partial charge in [0.15, 0.2) is 5.78 Å². The Bertz CT molecular complexity index is 516. The molecule has 0 aliphatic carbocycles. The van der Waals surface area contributed by atoms with Crippen LogP contribution in [0.4, 0.5) is 5.69 Å². The van der Waals surface area contributed by atoms with Gasteiger partial charge in [-0.15, -0.1) is 0 Å². The van der Waals surface area contributed by atoms with Crippen molar-refractivity contribution in [2.45, 2.75) is 6.42 Å². The summed E-state index contributed by atoms with van der Waals surface area (Å²) in [5.74, 6) is 0.0469. The molecule has 82 valence electrons. The van der Waals surface area contributed by atoms with E-state index in [4.69, 9.17) is 5.73 Å². The molecule has 0 amide bonds. The van der Waals surface area contributed by atoms with Crippen LogP contribution in [0.5, 0.6) is 0 Å². The van der Waals surface area contributed by atoms with Crippen molar-refractivity contribution >= 4 is 11.5 Å². The van der Waals surface area contributed by atoms with E-state index in [1.807, 2.05) is 18.2 Å². The number of anilines is 1. The highest BCUT2D eigenvalue weighted by molar-refractivity contribution is 5.96. The van der Waals surface area contributed by atoms with Crippen LogP contribution in [0.15, 0.2) is 36.5 Å². The molecule has 2 rings (SSSR count). The van der Waals surface area contributed by atoms with Crippen molar-refractivity contribution in [1.29, 1.82) is 0 Å². The predicted octanol–water partition coefficient (Wildman–Crippen LogP) is 1.43. The molecule has 2 N–H and O–H groups in total. The molecular formula is C12H13N3O. The van der Waals surface area contributed by atoms with E-state index in [2.05, 4.69) is 5.10 Å². The summed E-state index contributed by atoms with van der Waals surface area (Å²) in [5, 5.41) is 3.97. The van der Waals surface area contributed by atoms with Gasteiger partial charge in [0.1, 0.15) is 5.69 Å². The number of nitrogen functional groups attached to an aromatic ring is 1. The van der Waals surface area contributed by atoms with Gasteiger partial charge in [0.2, 0.25) is 0 Å². The monoisotopic (exact) mass is 215 g/mol. The second kappa shape index (κ2) is 4.18. The van der Waals surface area contributed by atoms with E-state index in [1.165, 1.54) is 0 Å². The zero-order valence-electron chi connectivity index (χ0n) is 9.05. The first-order chi connectivity index (χ1) is 7.66. The number of aromatic nitrogens is 2. The Kier molecular flexibility index (Phi) is 2.72.